The minimum Gasteiger partial charge on any atom is -0.399 e. The number of aliphatic hydroxyl groups excluding tert-OH is 4. The van der Waals surface area contributed by atoms with E-state index in [4.69, 9.17) is 15.9 Å². The van der Waals surface area contributed by atoms with Gasteiger partial charge in [0.15, 0.2) is 0 Å². The average Bonchev–Trinajstić information content (AvgIpc) is 2.38. The van der Waals surface area contributed by atoms with Crippen molar-refractivity contribution in [3.05, 3.63) is 24.3 Å². The molecule has 1 aromatic rings. The molecule has 1 rings (SSSR count). The maximum Gasteiger partial charge on any atom is 0.0945 e. The first kappa shape index (κ1) is 14.7. The van der Waals surface area contributed by atoms with Crippen molar-refractivity contribution in [2.75, 3.05) is 36.9 Å². The molecule has 2 unspecified atom stereocenters. The second kappa shape index (κ2) is 7.17. The van der Waals surface area contributed by atoms with E-state index in [0.717, 1.165) is 5.69 Å². The second-order valence-corrected chi connectivity index (χ2v) is 4.17. The topological polar surface area (TPSA) is 110 Å². The van der Waals surface area contributed by atoms with Crippen LogP contribution in [0.2, 0.25) is 0 Å². The van der Waals surface area contributed by atoms with Gasteiger partial charge in [-0.15, -0.1) is 0 Å². The van der Waals surface area contributed by atoms with Crippen molar-refractivity contribution in [1.82, 2.24) is 0 Å². The molecule has 0 heterocycles. The molecule has 18 heavy (non-hydrogen) atoms. The number of hydrogen-bond acceptors (Lipinski definition) is 6. The number of rotatable bonds is 7. The molecule has 2 atom stereocenters. The first-order valence-electron chi connectivity index (χ1n) is 5.75. The number of benzene rings is 1. The van der Waals surface area contributed by atoms with Crippen LogP contribution < -0.4 is 10.6 Å². The van der Waals surface area contributed by atoms with E-state index in [1.54, 1.807) is 29.2 Å². The lowest BCUT2D eigenvalue weighted by Crippen LogP contribution is -2.40. The van der Waals surface area contributed by atoms with Gasteiger partial charge in [-0.05, 0) is 24.3 Å². The van der Waals surface area contributed by atoms with Gasteiger partial charge < -0.3 is 31.1 Å². The second-order valence-electron chi connectivity index (χ2n) is 4.17. The highest BCUT2D eigenvalue weighted by atomic mass is 16.3. The van der Waals surface area contributed by atoms with Gasteiger partial charge in [-0.2, -0.15) is 0 Å². The summed E-state index contributed by atoms with van der Waals surface area (Å²) in [5.41, 5.74) is 6.95. The Kier molecular flexibility index (Phi) is 5.87. The van der Waals surface area contributed by atoms with Crippen molar-refractivity contribution in [3.8, 4) is 0 Å². The Labute approximate surface area is 106 Å². The normalized spacial score (nSPS) is 14.2. The van der Waals surface area contributed by atoms with E-state index in [-0.39, 0.29) is 26.3 Å². The van der Waals surface area contributed by atoms with E-state index in [9.17, 15) is 10.2 Å². The molecule has 0 spiro atoms. The van der Waals surface area contributed by atoms with E-state index in [1.807, 2.05) is 0 Å². The summed E-state index contributed by atoms with van der Waals surface area (Å²) >= 11 is 0. The molecule has 0 aromatic heterocycles. The monoisotopic (exact) mass is 256 g/mol. The molecule has 0 bridgehead atoms. The number of nitrogens with zero attached hydrogens (tertiary/aromatic N) is 1. The molecular weight excluding hydrogens is 236 g/mol. The molecule has 0 saturated carbocycles. The van der Waals surface area contributed by atoms with Gasteiger partial charge in [0.25, 0.3) is 0 Å². The van der Waals surface area contributed by atoms with Crippen LogP contribution in [0.25, 0.3) is 0 Å². The summed E-state index contributed by atoms with van der Waals surface area (Å²) in [4.78, 5) is 1.68. The first-order chi connectivity index (χ1) is 8.56. The third-order valence-corrected chi connectivity index (χ3v) is 2.54. The van der Waals surface area contributed by atoms with Crippen molar-refractivity contribution in [1.29, 1.82) is 0 Å². The summed E-state index contributed by atoms with van der Waals surface area (Å²) < 4.78 is 0. The maximum atomic E-state index is 9.47. The molecule has 0 saturated heterocycles. The Hall–Kier alpha value is -1.34. The fourth-order valence-electron chi connectivity index (χ4n) is 1.59. The fraction of sp³-hybridized carbons (Fsp3) is 0.500. The highest BCUT2D eigenvalue weighted by molar-refractivity contribution is 5.53. The minimum atomic E-state index is -0.909. The van der Waals surface area contributed by atoms with Gasteiger partial charge in [0.1, 0.15) is 0 Å². The molecular formula is C12H20N2O4. The zero-order valence-electron chi connectivity index (χ0n) is 10.1. The number of aliphatic hydroxyl groups is 4. The van der Waals surface area contributed by atoms with E-state index >= 15 is 0 Å². The molecule has 102 valence electrons. The lowest BCUT2D eigenvalue weighted by atomic mass is 10.2. The Balaban J connectivity index is 2.78. The lowest BCUT2D eigenvalue weighted by Gasteiger charge is -2.28. The van der Waals surface area contributed by atoms with Crippen LogP contribution in [0.15, 0.2) is 24.3 Å². The summed E-state index contributed by atoms with van der Waals surface area (Å²) in [6.07, 6.45) is -1.82. The fourth-order valence-corrected chi connectivity index (χ4v) is 1.59. The van der Waals surface area contributed by atoms with Gasteiger partial charge in [0.2, 0.25) is 0 Å². The van der Waals surface area contributed by atoms with Crippen molar-refractivity contribution >= 4 is 11.4 Å². The van der Waals surface area contributed by atoms with Crippen LogP contribution in [0.1, 0.15) is 0 Å². The summed E-state index contributed by atoms with van der Waals surface area (Å²) in [6.45, 7) is -0.393. The van der Waals surface area contributed by atoms with Crippen LogP contribution in [0.4, 0.5) is 11.4 Å². The van der Waals surface area contributed by atoms with Gasteiger partial charge in [0.05, 0.1) is 25.4 Å². The van der Waals surface area contributed by atoms with Gasteiger partial charge in [0, 0.05) is 24.5 Å². The Morgan fingerprint density at radius 1 is 0.944 bits per heavy atom. The Bertz CT molecular complexity index is 332. The van der Waals surface area contributed by atoms with Crippen molar-refractivity contribution in [2.45, 2.75) is 12.2 Å². The molecule has 1 aromatic carbocycles. The quantitative estimate of drug-likeness (QED) is 0.391. The summed E-state index contributed by atoms with van der Waals surface area (Å²) in [5, 5.41) is 36.7. The third-order valence-electron chi connectivity index (χ3n) is 2.54. The van der Waals surface area contributed by atoms with Crippen molar-refractivity contribution in [3.63, 3.8) is 0 Å². The molecule has 0 amide bonds. The Morgan fingerprint density at radius 2 is 1.39 bits per heavy atom. The largest absolute Gasteiger partial charge is 0.399 e. The molecule has 6 heteroatoms. The first-order valence-corrected chi connectivity index (χ1v) is 5.75. The molecule has 0 radical (unpaired) electrons. The van der Waals surface area contributed by atoms with Gasteiger partial charge in [-0.3, -0.25) is 0 Å². The molecule has 6 nitrogen and oxygen atoms in total. The Morgan fingerprint density at radius 3 is 1.78 bits per heavy atom. The summed E-state index contributed by atoms with van der Waals surface area (Å²) in [5.74, 6) is 0. The van der Waals surface area contributed by atoms with Gasteiger partial charge >= 0.3 is 0 Å². The van der Waals surface area contributed by atoms with Crippen LogP contribution >= 0.6 is 0 Å². The zero-order chi connectivity index (χ0) is 13.5. The number of hydrogen-bond donors (Lipinski definition) is 5. The highest BCUT2D eigenvalue weighted by Gasteiger charge is 2.15. The number of nitrogens with two attached hydrogens (primary N) is 1. The molecule has 0 fully saturated rings. The van der Waals surface area contributed by atoms with Crippen LogP contribution in [0.5, 0.6) is 0 Å². The van der Waals surface area contributed by atoms with Crippen LogP contribution in [0, 0.1) is 0 Å². The van der Waals surface area contributed by atoms with Crippen LogP contribution in [-0.4, -0.2) is 58.9 Å². The van der Waals surface area contributed by atoms with Crippen LogP contribution in [-0.2, 0) is 0 Å². The SMILES string of the molecule is Nc1ccc(N(CC(O)CO)CC(O)CO)cc1. The molecule has 0 aliphatic heterocycles. The highest BCUT2D eigenvalue weighted by Crippen LogP contribution is 2.17. The zero-order valence-corrected chi connectivity index (χ0v) is 10.1. The van der Waals surface area contributed by atoms with E-state index in [0.29, 0.717) is 5.69 Å². The maximum absolute atomic E-state index is 9.47. The van der Waals surface area contributed by atoms with E-state index in [2.05, 4.69) is 0 Å². The standard InChI is InChI=1S/C12H20N2O4/c13-9-1-3-10(4-2-9)14(5-11(17)7-15)6-12(18)8-16/h1-4,11-12,15-18H,5-8,13H2. The van der Waals surface area contributed by atoms with Gasteiger partial charge in [-0.1, -0.05) is 0 Å². The summed E-state index contributed by atoms with van der Waals surface area (Å²) in [7, 11) is 0. The smallest absolute Gasteiger partial charge is 0.0945 e. The predicted octanol–water partition coefficient (Wildman–Crippen LogP) is -1.22. The van der Waals surface area contributed by atoms with Crippen molar-refractivity contribution in [2.24, 2.45) is 0 Å². The predicted molar refractivity (Wildman–Crippen MR) is 69.3 cm³/mol. The lowest BCUT2D eigenvalue weighted by molar-refractivity contribution is 0.0839. The minimum absolute atomic E-state index is 0.164. The molecule has 0 aliphatic carbocycles. The molecule has 0 aliphatic rings. The van der Waals surface area contributed by atoms with Gasteiger partial charge in [-0.25, -0.2) is 0 Å². The number of anilines is 2. The molecule has 6 N–H and O–H groups in total. The van der Waals surface area contributed by atoms with E-state index in [1.165, 1.54) is 0 Å². The average molecular weight is 256 g/mol. The van der Waals surface area contributed by atoms with Crippen molar-refractivity contribution < 1.29 is 20.4 Å². The van der Waals surface area contributed by atoms with E-state index < -0.39 is 12.2 Å². The summed E-state index contributed by atoms with van der Waals surface area (Å²) in [6, 6.07) is 6.92. The van der Waals surface area contributed by atoms with Crippen LogP contribution in [0.3, 0.4) is 0 Å². The number of nitrogen functional groups attached to an aromatic ring is 1. The third kappa shape index (κ3) is 4.50.